The molecule has 0 spiro atoms. The summed E-state index contributed by atoms with van der Waals surface area (Å²) in [7, 11) is -3.91. The average Bonchev–Trinajstić information content (AvgIpc) is 2.03. The van der Waals surface area contributed by atoms with Crippen molar-refractivity contribution in [3.05, 3.63) is 29.6 Å². The lowest BCUT2D eigenvalue weighted by atomic mass is 10.2. The Kier molecular flexibility index (Phi) is 2.65. The first-order valence-electron chi connectivity index (χ1n) is 3.39. The highest BCUT2D eigenvalue weighted by molar-refractivity contribution is 7.89. The quantitative estimate of drug-likeness (QED) is 0.702. The summed E-state index contributed by atoms with van der Waals surface area (Å²) >= 11 is 0. The third-order valence-electron chi connectivity index (χ3n) is 1.55. The molecule has 2 N–H and O–H groups in total. The molecule has 72 valence electrons. The predicted octanol–water partition coefficient (Wildman–Crippen LogP) is 0.802. The van der Waals surface area contributed by atoms with Crippen molar-refractivity contribution in [3.63, 3.8) is 0 Å². The summed E-state index contributed by atoms with van der Waals surface area (Å²) in [6.07, 6.45) is 0. The predicted molar refractivity (Wildman–Crippen MR) is 43.2 cm³/mol. The summed E-state index contributed by atoms with van der Waals surface area (Å²) in [4.78, 5) is 1.03. The Morgan fingerprint density at radius 1 is 1.46 bits per heavy atom. The van der Waals surface area contributed by atoms with E-state index >= 15 is 0 Å². The molecule has 0 heterocycles. The van der Waals surface area contributed by atoms with Gasteiger partial charge in [-0.15, -0.1) is 0 Å². The van der Waals surface area contributed by atoms with Gasteiger partial charge in [-0.1, -0.05) is 4.89 Å². The first kappa shape index (κ1) is 10.1. The van der Waals surface area contributed by atoms with Crippen molar-refractivity contribution in [1.82, 2.24) is 4.89 Å². The first-order chi connectivity index (χ1) is 5.97. The minimum atomic E-state index is -3.91. The SMILES string of the molecule is Cc1cc(F)ccc1S(=O)(=O)NO. The van der Waals surface area contributed by atoms with Crippen LogP contribution in [0.2, 0.25) is 0 Å². The Morgan fingerprint density at radius 3 is 2.54 bits per heavy atom. The highest BCUT2D eigenvalue weighted by Gasteiger charge is 2.15. The van der Waals surface area contributed by atoms with E-state index in [1.807, 2.05) is 0 Å². The first-order valence-corrected chi connectivity index (χ1v) is 4.88. The van der Waals surface area contributed by atoms with Crippen molar-refractivity contribution < 1.29 is 18.0 Å². The number of nitrogens with one attached hydrogen (secondary N) is 1. The highest BCUT2D eigenvalue weighted by Crippen LogP contribution is 2.15. The number of sulfonamides is 1. The molecule has 4 nitrogen and oxygen atoms in total. The molecule has 0 radical (unpaired) electrons. The van der Waals surface area contributed by atoms with Crippen LogP contribution in [0.3, 0.4) is 0 Å². The molecule has 0 amide bonds. The van der Waals surface area contributed by atoms with E-state index in [-0.39, 0.29) is 10.5 Å². The van der Waals surface area contributed by atoms with Crippen LogP contribution in [-0.4, -0.2) is 13.6 Å². The minimum Gasteiger partial charge on any atom is -0.302 e. The number of halogens is 1. The number of hydrogen-bond donors (Lipinski definition) is 2. The number of hydrogen-bond acceptors (Lipinski definition) is 3. The maximum atomic E-state index is 12.6. The van der Waals surface area contributed by atoms with Crippen molar-refractivity contribution in [1.29, 1.82) is 0 Å². The molecule has 0 atom stereocenters. The Labute approximate surface area is 75.0 Å². The Hall–Kier alpha value is -0.980. The molecule has 0 fully saturated rings. The van der Waals surface area contributed by atoms with E-state index in [1.165, 1.54) is 11.8 Å². The van der Waals surface area contributed by atoms with E-state index in [9.17, 15) is 12.8 Å². The number of benzene rings is 1. The van der Waals surface area contributed by atoms with Crippen LogP contribution in [0.5, 0.6) is 0 Å². The topological polar surface area (TPSA) is 66.4 Å². The summed E-state index contributed by atoms with van der Waals surface area (Å²) in [6.45, 7) is 1.44. The zero-order valence-corrected chi connectivity index (χ0v) is 7.60. The van der Waals surface area contributed by atoms with Crippen LogP contribution in [0.1, 0.15) is 5.56 Å². The van der Waals surface area contributed by atoms with Gasteiger partial charge in [-0.2, -0.15) is 0 Å². The normalized spacial score (nSPS) is 11.6. The van der Waals surface area contributed by atoms with E-state index in [0.717, 1.165) is 18.2 Å². The van der Waals surface area contributed by atoms with E-state index in [4.69, 9.17) is 5.21 Å². The van der Waals surface area contributed by atoms with Crippen LogP contribution in [0, 0.1) is 12.7 Å². The Morgan fingerprint density at radius 2 is 2.08 bits per heavy atom. The molecule has 0 aliphatic carbocycles. The molecule has 13 heavy (non-hydrogen) atoms. The third kappa shape index (κ3) is 2.03. The second-order valence-corrected chi connectivity index (χ2v) is 4.13. The Bertz CT molecular complexity index is 416. The number of rotatable bonds is 2. The molecule has 0 saturated carbocycles. The van der Waals surface area contributed by atoms with Crippen molar-refractivity contribution >= 4 is 10.0 Å². The summed E-state index contributed by atoms with van der Waals surface area (Å²) in [6, 6.07) is 3.17. The molecule has 0 aliphatic rings. The van der Waals surface area contributed by atoms with Gasteiger partial charge in [0.25, 0.3) is 10.0 Å². The molecule has 1 rings (SSSR count). The van der Waals surface area contributed by atoms with E-state index in [0.29, 0.717) is 0 Å². The summed E-state index contributed by atoms with van der Waals surface area (Å²) in [5.41, 5.74) is 0.238. The second kappa shape index (κ2) is 3.41. The molecule has 1 aromatic carbocycles. The highest BCUT2D eigenvalue weighted by atomic mass is 32.2. The standard InChI is InChI=1S/C7H8FNO3S/c1-5-4-6(8)2-3-7(5)13(11,12)9-10/h2-4,9-10H,1H3. The van der Waals surface area contributed by atoms with Gasteiger partial charge in [-0.05, 0) is 30.7 Å². The van der Waals surface area contributed by atoms with Crippen molar-refractivity contribution in [2.24, 2.45) is 0 Å². The largest absolute Gasteiger partial charge is 0.302 e. The molecule has 0 saturated heterocycles. The van der Waals surface area contributed by atoms with Crippen molar-refractivity contribution in [2.45, 2.75) is 11.8 Å². The van der Waals surface area contributed by atoms with Crippen LogP contribution in [0.4, 0.5) is 4.39 Å². The van der Waals surface area contributed by atoms with E-state index in [2.05, 4.69) is 0 Å². The fourth-order valence-corrected chi connectivity index (χ4v) is 1.79. The summed E-state index contributed by atoms with van der Waals surface area (Å²) in [5, 5.41) is 8.31. The monoisotopic (exact) mass is 205 g/mol. The molecular formula is C7H8FNO3S. The molecule has 0 aromatic heterocycles. The van der Waals surface area contributed by atoms with Gasteiger partial charge in [0.15, 0.2) is 0 Å². The van der Waals surface area contributed by atoms with Gasteiger partial charge in [0, 0.05) is 0 Å². The van der Waals surface area contributed by atoms with Gasteiger partial charge in [0.1, 0.15) is 5.82 Å². The lowest BCUT2D eigenvalue weighted by Crippen LogP contribution is -2.20. The zero-order valence-electron chi connectivity index (χ0n) is 6.78. The van der Waals surface area contributed by atoms with Gasteiger partial charge in [0.05, 0.1) is 4.90 Å². The molecule has 0 bridgehead atoms. The van der Waals surface area contributed by atoms with Gasteiger partial charge in [-0.3, -0.25) is 0 Å². The lowest BCUT2D eigenvalue weighted by Gasteiger charge is -2.04. The summed E-state index contributed by atoms with van der Waals surface area (Å²) in [5.74, 6) is -0.519. The zero-order chi connectivity index (χ0) is 10.1. The smallest absolute Gasteiger partial charge is 0.262 e. The van der Waals surface area contributed by atoms with E-state index < -0.39 is 15.8 Å². The van der Waals surface area contributed by atoms with Crippen LogP contribution >= 0.6 is 0 Å². The van der Waals surface area contributed by atoms with Crippen LogP contribution in [0.15, 0.2) is 23.1 Å². The molecular weight excluding hydrogens is 197 g/mol. The third-order valence-corrected chi connectivity index (χ3v) is 2.82. The van der Waals surface area contributed by atoms with Crippen molar-refractivity contribution in [2.75, 3.05) is 0 Å². The average molecular weight is 205 g/mol. The van der Waals surface area contributed by atoms with Gasteiger partial charge < -0.3 is 5.21 Å². The minimum absolute atomic E-state index is 0.142. The number of aryl methyl sites for hydroxylation is 1. The molecule has 0 aliphatic heterocycles. The van der Waals surface area contributed by atoms with Crippen LogP contribution in [0.25, 0.3) is 0 Å². The molecule has 1 aromatic rings. The van der Waals surface area contributed by atoms with Gasteiger partial charge in [-0.25, -0.2) is 12.8 Å². The van der Waals surface area contributed by atoms with Crippen molar-refractivity contribution in [3.8, 4) is 0 Å². The second-order valence-electron chi connectivity index (χ2n) is 2.50. The fraction of sp³-hybridized carbons (Fsp3) is 0.143. The fourth-order valence-electron chi connectivity index (χ4n) is 0.964. The molecule has 0 unspecified atom stereocenters. The summed E-state index contributed by atoms with van der Waals surface area (Å²) < 4.78 is 34.7. The maximum Gasteiger partial charge on any atom is 0.262 e. The van der Waals surface area contributed by atoms with Crippen LogP contribution < -0.4 is 4.89 Å². The lowest BCUT2D eigenvalue weighted by molar-refractivity contribution is 0.242. The maximum absolute atomic E-state index is 12.6. The van der Waals surface area contributed by atoms with Gasteiger partial charge in [0.2, 0.25) is 0 Å². The van der Waals surface area contributed by atoms with E-state index in [1.54, 1.807) is 0 Å². The molecule has 6 heteroatoms. The Balaban J connectivity index is 3.33. The van der Waals surface area contributed by atoms with Gasteiger partial charge >= 0.3 is 0 Å². The van der Waals surface area contributed by atoms with Crippen LogP contribution in [-0.2, 0) is 10.0 Å².